The molecule has 0 unspecified atom stereocenters. The van der Waals surface area contributed by atoms with E-state index in [9.17, 15) is 9.59 Å². The minimum Gasteiger partial charge on any atom is -0.361 e. The lowest BCUT2D eigenvalue weighted by atomic mass is 9.96. The summed E-state index contributed by atoms with van der Waals surface area (Å²) < 4.78 is 0. The van der Waals surface area contributed by atoms with Crippen molar-refractivity contribution in [3.63, 3.8) is 0 Å². The van der Waals surface area contributed by atoms with Gasteiger partial charge in [-0.1, -0.05) is 60.9 Å². The fourth-order valence-corrected chi connectivity index (χ4v) is 6.18. The summed E-state index contributed by atoms with van der Waals surface area (Å²) >= 11 is 1.46. The van der Waals surface area contributed by atoms with Gasteiger partial charge in [0.25, 0.3) is 0 Å². The molecule has 0 spiro atoms. The van der Waals surface area contributed by atoms with Crippen LogP contribution in [0.15, 0.2) is 59.7 Å². The smallest absolute Gasteiger partial charge is 0.242 e. The van der Waals surface area contributed by atoms with Crippen molar-refractivity contribution in [2.75, 3.05) is 11.9 Å². The molecule has 2 amide bonds. The van der Waals surface area contributed by atoms with E-state index in [1.807, 2.05) is 41.4 Å². The number of aromatic nitrogens is 1. The number of aliphatic imine (C=N–C) groups is 1. The summed E-state index contributed by atoms with van der Waals surface area (Å²) in [7, 11) is 0. The molecular formula is C28H32N4O2S. The zero-order valence-electron chi connectivity index (χ0n) is 20.1. The molecule has 7 heteroatoms. The third-order valence-corrected chi connectivity index (χ3v) is 8.03. The van der Waals surface area contributed by atoms with E-state index in [-0.39, 0.29) is 24.3 Å². The molecule has 6 nitrogen and oxygen atoms in total. The van der Waals surface area contributed by atoms with Gasteiger partial charge in [0.05, 0.1) is 6.04 Å². The Kier molecular flexibility index (Phi) is 7.23. The molecule has 2 fully saturated rings. The first-order chi connectivity index (χ1) is 17.1. The number of amides is 2. The Morgan fingerprint density at radius 3 is 2.74 bits per heavy atom. The Morgan fingerprint density at radius 1 is 1.14 bits per heavy atom. The van der Waals surface area contributed by atoms with Crippen molar-refractivity contribution in [3.05, 3.63) is 65.9 Å². The number of nitrogens with one attached hydrogen (secondary N) is 2. The van der Waals surface area contributed by atoms with E-state index in [2.05, 4.69) is 35.4 Å². The Bertz CT molecular complexity index is 1230. The number of anilines is 1. The molecule has 2 N–H and O–H groups in total. The van der Waals surface area contributed by atoms with Gasteiger partial charge in [0.1, 0.15) is 5.25 Å². The molecule has 2 heterocycles. The summed E-state index contributed by atoms with van der Waals surface area (Å²) in [5.74, 6) is -0.156. The van der Waals surface area contributed by atoms with E-state index >= 15 is 0 Å². The third kappa shape index (κ3) is 5.61. The van der Waals surface area contributed by atoms with Crippen LogP contribution in [0.2, 0.25) is 0 Å². The molecule has 182 valence electrons. The number of hydrogen-bond acceptors (Lipinski definition) is 4. The molecule has 35 heavy (non-hydrogen) atoms. The summed E-state index contributed by atoms with van der Waals surface area (Å²) in [6.07, 6.45) is 8.72. The van der Waals surface area contributed by atoms with Crippen LogP contribution in [0.1, 0.15) is 49.7 Å². The second kappa shape index (κ2) is 10.7. The largest absolute Gasteiger partial charge is 0.361 e. The van der Waals surface area contributed by atoms with Gasteiger partial charge in [-0.3, -0.25) is 19.5 Å². The van der Waals surface area contributed by atoms with Crippen LogP contribution in [0.4, 0.5) is 5.69 Å². The molecule has 3 aromatic rings. The maximum absolute atomic E-state index is 13.5. The molecule has 1 aromatic heterocycles. The second-order valence-corrected chi connectivity index (χ2v) is 10.7. The van der Waals surface area contributed by atoms with Gasteiger partial charge in [-0.2, -0.15) is 0 Å². The van der Waals surface area contributed by atoms with Gasteiger partial charge >= 0.3 is 0 Å². The van der Waals surface area contributed by atoms with Crippen LogP contribution >= 0.6 is 11.8 Å². The van der Waals surface area contributed by atoms with E-state index < -0.39 is 5.25 Å². The number of nitrogens with zero attached hydrogens (tertiary/aromatic N) is 2. The molecule has 1 saturated carbocycles. The number of carbonyl (C=O) groups is 2. The summed E-state index contributed by atoms with van der Waals surface area (Å²) in [4.78, 5) is 36.4. The zero-order valence-corrected chi connectivity index (χ0v) is 20.9. The lowest BCUT2D eigenvalue weighted by Crippen LogP contribution is -2.35. The molecule has 0 bridgehead atoms. The zero-order chi connectivity index (χ0) is 24.2. The van der Waals surface area contributed by atoms with Crippen LogP contribution < -0.4 is 5.32 Å². The normalized spacial score (nSPS) is 20.1. The minimum atomic E-state index is -0.439. The number of amidine groups is 1. The lowest BCUT2D eigenvalue weighted by molar-refractivity contribution is -0.128. The van der Waals surface area contributed by atoms with Crippen molar-refractivity contribution in [2.45, 2.75) is 63.2 Å². The van der Waals surface area contributed by atoms with Crippen LogP contribution in [0.5, 0.6) is 0 Å². The SMILES string of the molecule is Cc1ccc2[nH]cc(CCN3C(=O)[C@H](CC(=O)Nc4ccccc4)SC3=NC3CCCCC3)c2c1. The Labute approximate surface area is 210 Å². The first kappa shape index (κ1) is 23.7. The molecular weight excluding hydrogens is 456 g/mol. The summed E-state index contributed by atoms with van der Waals surface area (Å²) in [6, 6.07) is 16.0. The average molecular weight is 489 g/mol. The number of aryl methyl sites for hydroxylation is 1. The predicted octanol–water partition coefficient (Wildman–Crippen LogP) is 5.68. The summed E-state index contributed by atoms with van der Waals surface area (Å²) in [5.41, 5.74) is 4.27. The standard InChI is InChI=1S/C28H32N4O2S/c1-19-12-13-24-23(16-19)20(18-29-24)14-15-32-27(34)25(17-26(33)30-21-8-4-2-5-9-21)35-28(32)31-22-10-6-3-7-11-22/h2,4-5,8-9,12-13,16,18,22,25,29H,3,6-7,10-11,14-15,17H2,1H3,(H,30,33)/t25-/m0/s1. The number of benzene rings is 2. The van der Waals surface area contributed by atoms with Crippen LogP contribution in [-0.2, 0) is 16.0 Å². The number of aromatic amines is 1. The molecule has 2 aromatic carbocycles. The first-order valence-corrected chi connectivity index (χ1v) is 13.4. The molecule has 1 saturated heterocycles. The second-order valence-electron chi connectivity index (χ2n) is 9.53. The molecule has 0 radical (unpaired) electrons. The van der Waals surface area contributed by atoms with E-state index in [0.717, 1.165) is 35.6 Å². The average Bonchev–Trinajstić information content (AvgIpc) is 3.39. The lowest BCUT2D eigenvalue weighted by Gasteiger charge is -2.21. The Hall–Kier alpha value is -3.06. The van der Waals surface area contributed by atoms with Crippen molar-refractivity contribution < 1.29 is 9.59 Å². The van der Waals surface area contributed by atoms with Crippen LogP contribution in [-0.4, -0.2) is 44.7 Å². The van der Waals surface area contributed by atoms with Crippen molar-refractivity contribution in [1.29, 1.82) is 0 Å². The van der Waals surface area contributed by atoms with Crippen molar-refractivity contribution >= 4 is 45.3 Å². The quantitative estimate of drug-likeness (QED) is 0.449. The number of hydrogen-bond donors (Lipinski definition) is 2. The highest BCUT2D eigenvalue weighted by atomic mass is 32.2. The Balaban J connectivity index is 1.31. The van der Waals surface area contributed by atoms with Gasteiger partial charge in [0.2, 0.25) is 11.8 Å². The number of thioether (sulfide) groups is 1. The number of H-pyrrole nitrogens is 1. The van der Waals surface area contributed by atoms with Crippen LogP contribution in [0, 0.1) is 6.92 Å². The minimum absolute atomic E-state index is 0.0104. The van der Waals surface area contributed by atoms with Crippen molar-refractivity contribution in [2.24, 2.45) is 4.99 Å². The molecule has 2 aliphatic rings. The van der Waals surface area contributed by atoms with E-state index in [0.29, 0.717) is 6.54 Å². The Morgan fingerprint density at radius 2 is 1.94 bits per heavy atom. The molecule has 1 aliphatic heterocycles. The third-order valence-electron chi connectivity index (χ3n) is 6.84. The maximum atomic E-state index is 13.5. The monoisotopic (exact) mass is 488 g/mol. The van der Waals surface area contributed by atoms with E-state index in [1.54, 1.807) is 0 Å². The number of carbonyl (C=O) groups excluding carboxylic acids is 2. The highest BCUT2D eigenvalue weighted by Gasteiger charge is 2.39. The number of para-hydroxylation sites is 1. The number of fused-ring (bicyclic) bond motifs is 1. The van der Waals surface area contributed by atoms with Crippen LogP contribution in [0.3, 0.4) is 0 Å². The van der Waals surface area contributed by atoms with Gasteiger partial charge in [0, 0.05) is 35.8 Å². The van der Waals surface area contributed by atoms with E-state index in [1.165, 1.54) is 47.5 Å². The summed E-state index contributed by atoms with van der Waals surface area (Å²) in [5, 5.41) is 4.46. The molecule has 1 atom stereocenters. The van der Waals surface area contributed by atoms with Crippen molar-refractivity contribution in [1.82, 2.24) is 9.88 Å². The molecule has 5 rings (SSSR count). The highest BCUT2D eigenvalue weighted by molar-refractivity contribution is 8.15. The van der Waals surface area contributed by atoms with Gasteiger partial charge < -0.3 is 10.3 Å². The maximum Gasteiger partial charge on any atom is 0.242 e. The van der Waals surface area contributed by atoms with Crippen molar-refractivity contribution in [3.8, 4) is 0 Å². The predicted molar refractivity (Wildman–Crippen MR) is 144 cm³/mol. The fourth-order valence-electron chi connectivity index (χ4n) is 4.94. The number of rotatable bonds is 7. The van der Waals surface area contributed by atoms with Gasteiger partial charge in [-0.15, -0.1) is 0 Å². The topological polar surface area (TPSA) is 77.6 Å². The van der Waals surface area contributed by atoms with Crippen LogP contribution in [0.25, 0.3) is 10.9 Å². The van der Waals surface area contributed by atoms with Gasteiger partial charge in [-0.25, -0.2) is 0 Å². The highest BCUT2D eigenvalue weighted by Crippen LogP contribution is 2.33. The fraction of sp³-hybridized carbons (Fsp3) is 0.393. The first-order valence-electron chi connectivity index (χ1n) is 12.5. The summed E-state index contributed by atoms with van der Waals surface area (Å²) in [6.45, 7) is 2.66. The van der Waals surface area contributed by atoms with Gasteiger partial charge in [0.15, 0.2) is 5.17 Å². The van der Waals surface area contributed by atoms with E-state index in [4.69, 9.17) is 4.99 Å². The molecule has 1 aliphatic carbocycles. The van der Waals surface area contributed by atoms with Gasteiger partial charge in [-0.05, 0) is 56.0 Å².